The number of aryl methyl sites for hydroxylation is 1. The highest BCUT2D eigenvalue weighted by Crippen LogP contribution is 2.27. The first kappa shape index (κ1) is 20.1. The fourth-order valence-corrected chi connectivity index (χ4v) is 3.59. The molecule has 0 amide bonds. The number of methoxy groups -OCH3 is 1. The van der Waals surface area contributed by atoms with E-state index in [0.717, 1.165) is 29.6 Å². The summed E-state index contributed by atoms with van der Waals surface area (Å²) in [7, 11) is 3.79. The SMILES string of the molecule is CCOc1ccc(C[NH+](C)Cn2nc(C)n(-c3ccccc3)c2=S)cc1OC. The van der Waals surface area contributed by atoms with Crippen molar-refractivity contribution in [2.75, 3.05) is 20.8 Å². The van der Waals surface area contributed by atoms with Gasteiger partial charge in [-0.2, -0.15) is 9.78 Å². The Bertz CT molecular complexity index is 982. The fourth-order valence-electron chi connectivity index (χ4n) is 3.25. The summed E-state index contributed by atoms with van der Waals surface area (Å²) in [6.45, 7) is 6.05. The van der Waals surface area contributed by atoms with Crippen LogP contribution in [0, 0.1) is 11.7 Å². The quantitative estimate of drug-likeness (QED) is 0.592. The molecular formula is C21H27N4O2S+. The molecule has 148 valence electrons. The first-order valence-corrected chi connectivity index (χ1v) is 9.77. The van der Waals surface area contributed by atoms with E-state index in [2.05, 4.69) is 18.2 Å². The number of para-hydroxylation sites is 1. The van der Waals surface area contributed by atoms with Gasteiger partial charge in [0.2, 0.25) is 4.77 Å². The van der Waals surface area contributed by atoms with Crippen LogP contribution < -0.4 is 14.4 Å². The summed E-state index contributed by atoms with van der Waals surface area (Å²) in [4.78, 5) is 1.26. The molecule has 0 aliphatic carbocycles. The second kappa shape index (κ2) is 9.03. The predicted octanol–water partition coefficient (Wildman–Crippen LogP) is 2.79. The number of quaternary nitrogens is 1. The van der Waals surface area contributed by atoms with Gasteiger partial charge in [0.25, 0.3) is 0 Å². The number of aromatic nitrogens is 3. The van der Waals surface area contributed by atoms with Crippen LogP contribution in [0.5, 0.6) is 11.5 Å². The van der Waals surface area contributed by atoms with Crippen molar-refractivity contribution in [3.05, 3.63) is 64.7 Å². The molecule has 0 aliphatic rings. The Morgan fingerprint density at radius 2 is 1.86 bits per heavy atom. The fraction of sp³-hybridized carbons (Fsp3) is 0.333. The topological polar surface area (TPSA) is 45.7 Å². The molecule has 1 atom stereocenters. The van der Waals surface area contributed by atoms with Crippen LogP contribution in [0.3, 0.4) is 0 Å². The summed E-state index contributed by atoms with van der Waals surface area (Å²) >= 11 is 5.68. The van der Waals surface area contributed by atoms with Gasteiger partial charge in [0.05, 0.1) is 20.8 Å². The second-order valence-corrected chi connectivity index (χ2v) is 7.08. The molecule has 1 heterocycles. The van der Waals surface area contributed by atoms with Crippen LogP contribution in [0.1, 0.15) is 18.3 Å². The summed E-state index contributed by atoms with van der Waals surface area (Å²) in [5.41, 5.74) is 2.20. The van der Waals surface area contributed by atoms with E-state index in [1.54, 1.807) is 7.11 Å². The van der Waals surface area contributed by atoms with E-state index < -0.39 is 0 Å². The summed E-state index contributed by atoms with van der Waals surface area (Å²) in [5.74, 6) is 2.41. The van der Waals surface area contributed by atoms with Crippen LogP contribution >= 0.6 is 12.2 Å². The van der Waals surface area contributed by atoms with E-state index in [-0.39, 0.29) is 0 Å². The van der Waals surface area contributed by atoms with Gasteiger partial charge >= 0.3 is 0 Å². The molecule has 0 saturated heterocycles. The average Bonchev–Trinajstić information content (AvgIpc) is 2.96. The minimum Gasteiger partial charge on any atom is -0.493 e. The summed E-state index contributed by atoms with van der Waals surface area (Å²) < 4.78 is 15.6. The van der Waals surface area contributed by atoms with Crippen LogP contribution in [-0.4, -0.2) is 35.1 Å². The minimum absolute atomic E-state index is 0.614. The standard InChI is InChI=1S/C21H26N4O2S/c1-5-27-19-12-11-17(13-20(19)26-4)14-23(3)15-24-21(28)25(16(2)22-24)18-9-7-6-8-10-18/h6-13H,5,14-15H2,1-4H3/p+1. The third-order valence-corrected chi connectivity index (χ3v) is 4.86. The predicted molar refractivity (Wildman–Crippen MR) is 112 cm³/mol. The van der Waals surface area contributed by atoms with E-state index in [1.807, 2.05) is 65.6 Å². The molecule has 7 heteroatoms. The Hall–Kier alpha value is -2.64. The summed E-state index contributed by atoms with van der Waals surface area (Å²) in [6.07, 6.45) is 0. The highest BCUT2D eigenvalue weighted by atomic mass is 32.1. The zero-order valence-electron chi connectivity index (χ0n) is 16.8. The minimum atomic E-state index is 0.614. The molecule has 3 aromatic rings. The van der Waals surface area contributed by atoms with Gasteiger partial charge in [-0.25, -0.2) is 0 Å². The molecule has 0 spiro atoms. The number of nitrogens with one attached hydrogen (secondary N) is 1. The molecule has 6 nitrogen and oxygen atoms in total. The van der Waals surface area contributed by atoms with Crippen molar-refractivity contribution in [2.24, 2.45) is 0 Å². The highest BCUT2D eigenvalue weighted by molar-refractivity contribution is 7.71. The van der Waals surface area contributed by atoms with Crippen LogP contribution in [-0.2, 0) is 13.2 Å². The van der Waals surface area contributed by atoms with Gasteiger partial charge in [-0.05, 0) is 56.4 Å². The molecule has 0 radical (unpaired) electrons. The van der Waals surface area contributed by atoms with Crippen LogP contribution in [0.2, 0.25) is 0 Å². The Kier molecular flexibility index (Phi) is 6.49. The van der Waals surface area contributed by atoms with Gasteiger partial charge in [0.1, 0.15) is 12.4 Å². The smallest absolute Gasteiger partial charge is 0.207 e. The number of rotatable bonds is 8. The van der Waals surface area contributed by atoms with Gasteiger partial charge in [0, 0.05) is 11.3 Å². The van der Waals surface area contributed by atoms with Crippen LogP contribution in [0.15, 0.2) is 48.5 Å². The normalized spacial score (nSPS) is 12.0. The third-order valence-electron chi connectivity index (χ3n) is 4.47. The average molecular weight is 400 g/mol. The third kappa shape index (κ3) is 4.43. The molecule has 0 fully saturated rings. The van der Waals surface area contributed by atoms with Crippen molar-refractivity contribution in [2.45, 2.75) is 27.1 Å². The number of nitrogens with zero attached hydrogens (tertiary/aromatic N) is 3. The first-order chi connectivity index (χ1) is 13.5. The first-order valence-electron chi connectivity index (χ1n) is 9.36. The van der Waals surface area contributed by atoms with Gasteiger partial charge in [-0.15, -0.1) is 0 Å². The van der Waals surface area contributed by atoms with Crippen molar-refractivity contribution in [3.63, 3.8) is 0 Å². The monoisotopic (exact) mass is 399 g/mol. The Morgan fingerprint density at radius 3 is 2.54 bits per heavy atom. The lowest BCUT2D eigenvalue weighted by atomic mass is 10.2. The highest BCUT2D eigenvalue weighted by Gasteiger charge is 2.14. The van der Waals surface area contributed by atoms with Gasteiger partial charge in [0.15, 0.2) is 18.2 Å². The molecule has 1 unspecified atom stereocenters. The van der Waals surface area contributed by atoms with Crippen molar-refractivity contribution in [1.29, 1.82) is 0 Å². The summed E-state index contributed by atoms with van der Waals surface area (Å²) in [6, 6.07) is 16.1. The molecule has 1 N–H and O–H groups in total. The maximum Gasteiger partial charge on any atom is 0.207 e. The molecule has 0 saturated carbocycles. The lowest BCUT2D eigenvalue weighted by molar-refractivity contribution is -0.917. The van der Waals surface area contributed by atoms with Crippen LogP contribution in [0.25, 0.3) is 5.69 Å². The summed E-state index contributed by atoms with van der Waals surface area (Å²) in [5, 5.41) is 4.65. The van der Waals surface area contributed by atoms with E-state index in [0.29, 0.717) is 18.0 Å². The lowest BCUT2D eigenvalue weighted by Gasteiger charge is -2.15. The number of hydrogen-bond acceptors (Lipinski definition) is 4. The molecule has 0 bridgehead atoms. The largest absolute Gasteiger partial charge is 0.493 e. The van der Waals surface area contributed by atoms with Crippen molar-refractivity contribution in [3.8, 4) is 17.2 Å². The van der Waals surface area contributed by atoms with Crippen molar-refractivity contribution in [1.82, 2.24) is 14.3 Å². The Balaban J connectivity index is 1.75. The van der Waals surface area contributed by atoms with Gasteiger partial charge < -0.3 is 14.4 Å². The van der Waals surface area contributed by atoms with Crippen molar-refractivity contribution >= 4 is 12.2 Å². The number of ether oxygens (including phenoxy) is 2. The molecule has 0 aliphatic heterocycles. The molecule has 1 aromatic heterocycles. The molecule has 28 heavy (non-hydrogen) atoms. The number of benzene rings is 2. The van der Waals surface area contributed by atoms with Crippen molar-refractivity contribution < 1.29 is 14.4 Å². The maximum absolute atomic E-state index is 5.68. The lowest BCUT2D eigenvalue weighted by Crippen LogP contribution is -3.07. The van der Waals surface area contributed by atoms with E-state index in [1.165, 1.54) is 10.5 Å². The molecule has 2 aromatic carbocycles. The van der Waals surface area contributed by atoms with Gasteiger partial charge in [-0.3, -0.25) is 4.57 Å². The van der Waals surface area contributed by atoms with Crippen LogP contribution in [0.4, 0.5) is 0 Å². The molecular weight excluding hydrogens is 372 g/mol. The van der Waals surface area contributed by atoms with E-state index in [4.69, 9.17) is 21.7 Å². The van der Waals surface area contributed by atoms with E-state index >= 15 is 0 Å². The number of hydrogen-bond donors (Lipinski definition) is 1. The Labute approximate surface area is 170 Å². The Morgan fingerprint density at radius 1 is 1.11 bits per heavy atom. The second-order valence-electron chi connectivity index (χ2n) is 6.71. The zero-order valence-corrected chi connectivity index (χ0v) is 17.6. The van der Waals surface area contributed by atoms with E-state index in [9.17, 15) is 0 Å². The molecule has 3 rings (SSSR count). The van der Waals surface area contributed by atoms with Gasteiger partial charge in [-0.1, -0.05) is 18.2 Å². The zero-order chi connectivity index (χ0) is 20.1. The maximum atomic E-state index is 5.68.